The molecule has 2 aromatic heterocycles. The molecular formula is C23H31IN6O. The summed E-state index contributed by atoms with van der Waals surface area (Å²) in [6.07, 6.45) is 5.65. The van der Waals surface area contributed by atoms with Gasteiger partial charge in [-0.2, -0.15) is 0 Å². The molecule has 2 N–H and O–H groups in total. The third-order valence-electron chi connectivity index (χ3n) is 4.68. The lowest BCUT2D eigenvalue weighted by atomic mass is 10.1. The molecule has 8 heteroatoms. The second-order valence-corrected chi connectivity index (χ2v) is 7.29. The van der Waals surface area contributed by atoms with Crippen LogP contribution in [-0.4, -0.2) is 59.9 Å². The number of nitrogens with zero attached hydrogens (tertiary/aromatic N) is 4. The van der Waals surface area contributed by atoms with E-state index in [1.54, 1.807) is 19.0 Å². The number of pyridine rings is 1. The average molecular weight is 534 g/mol. The van der Waals surface area contributed by atoms with Crippen LogP contribution in [0.25, 0.3) is 5.65 Å². The summed E-state index contributed by atoms with van der Waals surface area (Å²) in [4.78, 5) is 23.0. The summed E-state index contributed by atoms with van der Waals surface area (Å²) < 4.78 is 2.03. The molecule has 0 unspecified atom stereocenters. The van der Waals surface area contributed by atoms with Crippen LogP contribution in [0.4, 0.5) is 0 Å². The maximum Gasteiger partial charge on any atom is 0.253 e. The van der Waals surface area contributed by atoms with E-state index in [9.17, 15) is 4.79 Å². The monoisotopic (exact) mass is 534 g/mol. The minimum Gasteiger partial charge on any atom is -0.357 e. The number of amides is 1. The molecule has 0 aliphatic rings. The van der Waals surface area contributed by atoms with Crippen molar-refractivity contribution in [3.8, 4) is 0 Å². The van der Waals surface area contributed by atoms with Crippen molar-refractivity contribution in [2.24, 2.45) is 4.99 Å². The highest BCUT2D eigenvalue weighted by Crippen LogP contribution is 2.08. The van der Waals surface area contributed by atoms with Gasteiger partial charge in [-0.25, -0.2) is 4.98 Å². The highest BCUT2D eigenvalue weighted by Gasteiger charge is 2.08. The van der Waals surface area contributed by atoms with Crippen molar-refractivity contribution in [3.63, 3.8) is 0 Å². The fraction of sp³-hybridized carbons (Fsp3) is 0.348. The van der Waals surface area contributed by atoms with Crippen molar-refractivity contribution in [3.05, 3.63) is 71.7 Å². The number of halogens is 1. The van der Waals surface area contributed by atoms with Gasteiger partial charge >= 0.3 is 0 Å². The first kappa shape index (κ1) is 24.6. The number of aliphatic imine (C=N–C) groups is 1. The molecule has 0 atom stereocenters. The molecule has 2 heterocycles. The molecule has 1 aromatic carbocycles. The van der Waals surface area contributed by atoms with Crippen molar-refractivity contribution in [2.45, 2.75) is 19.8 Å². The van der Waals surface area contributed by atoms with Gasteiger partial charge in [0.25, 0.3) is 5.91 Å². The summed E-state index contributed by atoms with van der Waals surface area (Å²) >= 11 is 0. The SMILES string of the molecule is CCNC(=NCCc1cn2ccccc2n1)NCCc1cccc(C(=O)N(C)C)c1.I. The quantitative estimate of drug-likeness (QED) is 0.265. The molecule has 166 valence electrons. The molecule has 7 nitrogen and oxygen atoms in total. The van der Waals surface area contributed by atoms with Gasteiger partial charge in [-0.3, -0.25) is 9.79 Å². The number of nitrogens with one attached hydrogen (secondary N) is 2. The van der Waals surface area contributed by atoms with E-state index in [0.29, 0.717) is 12.1 Å². The number of guanidine groups is 1. The van der Waals surface area contributed by atoms with Crippen molar-refractivity contribution >= 4 is 41.5 Å². The van der Waals surface area contributed by atoms with Crippen molar-refractivity contribution in [1.82, 2.24) is 24.9 Å². The van der Waals surface area contributed by atoms with E-state index in [2.05, 4.69) is 27.5 Å². The zero-order valence-corrected chi connectivity index (χ0v) is 20.7. The number of hydrogen-bond donors (Lipinski definition) is 2. The molecule has 0 aliphatic carbocycles. The Bertz CT molecular complexity index is 981. The molecule has 0 saturated carbocycles. The summed E-state index contributed by atoms with van der Waals surface area (Å²) in [5.74, 6) is 0.813. The minimum atomic E-state index is 0. The second-order valence-electron chi connectivity index (χ2n) is 7.29. The van der Waals surface area contributed by atoms with Gasteiger partial charge in [0.15, 0.2) is 5.96 Å². The van der Waals surface area contributed by atoms with Crippen LogP contribution >= 0.6 is 24.0 Å². The molecule has 1 amide bonds. The van der Waals surface area contributed by atoms with E-state index in [0.717, 1.165) is 48.8 Å². The zero-order chi connectivity index (χ0) is 21.3. The van der Waals surface area contributed by atoms with Crippen LogP contribution in [0.5, 0.6) is 0 Å². The van der Waals surface area contributed by atoms with Crippen LogP contribution in [0.2, 0.25) is 0 Å². The summed E-state index contributed by atoms with van der Waals surface area (Å²) in [7, 11) is 3.53. The first-order chi connectivity index (χ1) is 14.6. The maximum atomic E-state index is 12.1. The Morgan fingerprint density at radius 1 is 1.13 bits per heavy atom. The fourth-order valence-electron chi connectivity index (χ4n) is 3.17. The topological polar surface area (TPSA) is 74.0 Å². The van der Waals surface area contributed by atoms with Crippen molar-refractivity contribution < 1.29 is 4.79 Å². The Morgan fingerprint density at radius 2 is 1.97 bits per heavy atom. The lowest BCUT2D eigenvalue weighted by molar-refractivity contribution is 0.0827. The Morgan fingerprint density at radius 3 is 2.71 bits per heavy atom. The average Bonchev–Trinajstić information content (AvgIpc) is 3.16. The van der Waals surface area contributed by atoms with E-state index in [-0.39, 0.29) is 29.9 Å². The summed E-state index contributed by atoms with van der Waals surface area (Å²) in [6, 6.07) is 13.8. The standard InChI is InChI=1S/C23H30N6O.HI/c1-4-24-23(26-14-12-20-17-29-15-6-5-10-21(29)27-20)25-13-11-18-8-7-9-19(16-18)22(30)28(2)3;/h5-10,15-17H,4,11-14H2,1-3H3,(H2,24,25,26);1H. The van der Waals surface area contributed by atoms with E-state index >= 15 is 0 Å². The van der Waals surface area contributed by atoms with Gasteiger partial charge in [0.1, 0.15) is 5.65 Å². The second kappa shape index (κ2) is 12.3. The van der Waals surface area contributed by atoms with Gasteiger partial charge in [0, 0.05) is 58.1 Å². The van der Waals surface area contributed by atoms with Gasteiger partial charge in [-0.05, 0) is 43.2 Å². The molecule has 0 fully saturated rings. The summed E-state index contributed by atoms with van der Waals surface area (Å²) in [6.45, 7) is 4.24. The van der Waals surface area contributed by atoms with Crippen molar-refractivity contribution in [2.75, 3.05) is 33.7 Å². The highest BCUT2D eigenvalue weighted by atomic mass is 127. The number of imidazole rings is 1. The largest absolute Gasteiger partial charge is 0.357 e. The van der Waals surface area contributed by atoms with E-state index in [1.807, 2.05) is 59.3 Å². The molecule has 0 bridgehead atoms. The lowest BCUT2D eigenvalue weighted by Gasteiger charge is -2.13. The summed E-state index contributed by atoms with van der Waals surface area (Å²) in [5, 5.41) is 6.65. The Balaban J connectivity index is 0.00000341. The highest BCUT2D eigenvalue weighted by molar-refractivity contribution is 14.0. The number of hydrogen-bond acceptors (Lipinski definition) is 3. The van der Waals surface area contributed by atoms with E-state index in [4.69, 9.17) is 0 Å². The third kappa shape index (κ3) is 7.23. The van der Waals surface area contributed by atoms with Gasteiger partial charge in [0.05, 0.1) is 5.69 Å². The Labute approximate surface area is 201 Å². The molecular weight excluding hydrogens is 503 g/mol. The molecule has 0 aliphatic heterocycles. The van der Waals surface area contributed by atoms with Gasteiger partial charge in [-0.1, -0.05) is 18.2 Å². The molecule has 3 rings (SSSR count). The zero-order valence-electron chi connectivity index (χ0n) is 18.3. The van der Waals surface area contributed by atoms with Crippen LogP contribution < -0.4 is 10.6 Å². The number of benzene rings is 1. The summed E-state index contributed by atoms with van der Waals surface area (Å²) in [5.41, 5.74) is 3.82. The number of carbonyl (C=O) groups excluding carboxylic acids is 1. The molecule has 0 spiro atoms. The minimum absolute atomic E-state index is 0. The maximum absolute atomic E-state index is 12.1. The van der Waals surface area contributed by atoms with Crippen molar-refractivity contribution in [1.29, 1.82) is 0 Å². The van der Waals surface area contributed by atoms with Crippen LogP contribution in [0.15, 0.2) is 59.9 Å². The van der Waals surface area contributed by atoms with Crippen LogP contribution in [0.3, 0.4) is 0 Å². The van der Waals surface area contributed by atoms with E-state index < -0.39 is 0 Å². The van der Waals surface area contributed by atoms with Crippen LogP contribution in [-0.2, 0) is 12.8 Å². The predicted octanol–water partition coefficient (Wildman–Crippen LogP) is 2.99. The predicted molar refractivity (Wildman–Crippen MR) is 136 cm³/mol. The lowest BCUT2D eigenvalue weighted by Crippen LogP contribution is -2.38. The third-order valence-corrected chi connectivity index (χ3v) is 4.68. The Hall–Kier alpha value is -2.62. The first-order valence-corrected chi connectivity index (χ1v) is 10.3. The van der Waals surface area contributed by atoms with E-state index in [1.165, 1.54) is 0 Å². The smallest absolute Gasteiger partial charge is 0.253 e. The fourth-order valence-corrected chi connectivity index (χ4v) is 3.17. The molecule has 0 saturated heterocycles. The number of fused-ring (bicyclic) bond motifs is 1. The van der Waals surface area contributed by atoms with Crippen LogP contribution in [0.1, 0.15) is 28.5 Å². The van der Waals surface area contributed by atoms with Crippen LogP contribution in [0, 0.1) is 0 Å². The number of carbonyl (C=O) groups is 1. The molecule has 31 heavy (non-hydrogen) atoms. The molecule has 0 radical (unpaired) electrons. The van der Waals surface area contributed by atoms with Gasteiger partial charge in [0.2, 0.25) is 0 Å². The number of aromatic nitrogens is 2. The van der Waals surface area contributed by atoms with Gasteiger partial charge in [-0.15, -0.1) is 24.0 Å². The first-order valence-electron chi connectivity index (χ1n) is 10.3. The van der Waals surface area contributed by atoms with Gasteiger partial charge < -0.3 is 19.9 Å². The Kier molecular flexibility index (Phi) is 9.77. The molecule has 3 aromatic rings. The normalized spacial score (nSPS) is 11.1. The number of rotatable bonds is 8.